The summed E-state index contributed by atoms with van der Waals surface area (Å²) in [6.45, 7) is 0. The van der Waals surface area contributed by atoms with Gasteiger partial charge >= 0.3 is 0 Å². The molecule has 0 amide bonds. The first-order valence-corrected chi connectivity index (χ1v) is 21.5. The predicted molar refractivity (Wildman–Crippen MR) is 239 cm³/mol. The maximum absolute atomic E-state index is 5.39. The van der Waals surface area contributed by atoms with E-state index in [4.69, 9.17) is 9.97 Å². The fourth-order valence-electron chi connectivity index (χ4n) is 9.68. The molecule has 0 bridgehead atoms. The van der Waals surface area contributed by atoms with E-state index >= 15 is 0 Å². The van der Waals surface area contributed by atoms with E-state index < -0.39 is 8.07 Å². The summed E-state index contributed by atoms with van der Waals surface area (Å²) in [5.74, 6) is 0.711. The van der Waals surface area contributed by atoms with Crippen molar-refractivity contribution >= 4 is 72.6 Å². The summed E-state index contributed by atoms with van der Waals surface area (Å²) in [6.07, 6.45) is 2.01. The van der Waals surface area contributed by atoms with Crippen LogP contribution in [0.2, 0.25) is 0 Å². The third kappa shape index (κ3) is 4.55. The van der Waals surface area contributed by atoms with Gasteiger partial charge in [-0.2, -0.15) is 0 Å². The molecule has 0 saturated heterocycles. The van der Waals surface area contributed by atoms with Crippen molar-refractivity contribution in [2.45, 2.75) is 0 Å². The van der Waals surface area contributed by atoms with Gasteiger partial charge in [0.05, 0.1) is 16.6 Å². The highest BCUT2D eigenvalue weighted by Gasteiger charge is 2.48. The summed E-state index contributed by atoms with van der Waals surface area (Å²) < 4.78 is 4.67. The molecule has 0 saturated carbocycles. The Hall–Kier alpha value is -7.34. The standard InChI is InChI=1S/C52H34N4Si/c1-3-15-36(16-4-1)55-46-23-11-7-19-40(46)44-33-37(29-32-48(44)55)56-47-24-12-8-20-41(47)45-34-53-51(54-52(45)56)35-27-30-39(31-28-35)57(38-17-5-2-6-18-38)49-25-13-9-21-42(49)43-22-10-14-26-50(43)57/h1-34H. The van der Waals surface area contributed by atoms with Crippen LogP contribution >= 0.6 is 0 Å². The van der Waals surface area contributed by atoms with Crippen molar-refractivity contribution in [3.05, 3.63) is 206 Å². The Bertz CT molecular complexity index is 3300. The van der Waals surface area contributed by atoms with Gasteiger partial charge in [0.2, 0.25) is 0 Å². The number of hydrogen-bond acceptors (Lipinski definition) is 2. The average Bonchev–Trinajstić information content (AvgIpc) is 3.91. The lowest BCUT2D eigenvalue weighted by Crippen LogP contribution is -2.72. The normalized spacial score (nSPS) is 13.1. The van der Waals surface area contributed by atoms with Crippen molar-refractivity contribution in [3.8, 4) is 33.9 Å². The van der Waals surface area contributed by atoms with Crippen LogP contribution in [0.1, 0.15) is 0 Å². The predicted octanol–water partition coefficient (Wildman–Crippen LogP) is 9.70. The molecule has 57 heavy (non-hydrogen) atoms. The van der Waals surface area contributed by atoms with Gasteiger partial charge in [-0.05, 0) is 74.3 Å². The Morgan fingerprint density at radius 1 is 0.386 bits per heavy atom. The summed E-state index contributed by atoms with van der Waals surface area (Å²) in [5, 5.41) is 10.2. The van der Waals surface area contributed by atoms with Crippen molar-refractivity contribution in [1.29, 1.82) is 0 Å². The van der Waals surface area contributed by atoms with Crippen molar-refractivity contribution in [3.63, 3.8) is 0 Å². The zero-order chi connectivity index (χ0) is 37.5. The molecule has 5 heteroatoms. The van der Waals surface area contributed by atoms with Gasteiger partial charge in [0.15, 0.2) is 13.9 Å². The van der Waals surface area contributed by atoms with Gasteiger partial charge in [0.1, 0.15) is 5.65 Å². The van der Waals surface area contributed by atoms with Gasteiger partial charge in [-0.15, -0.1) is 0 Å². The topological polar surface area (TPSA) is 35.6 Å². The molecule has 0 aliphatic carbocycles. The fraction of sp³-hybridized carbons (Fsp3) is 0. The number of para-hydroxylation sites is 3. The molecule has 4 nitrogen and oxygen atoms in total. The van der Waals surface area contributed by atoms with Crippen molar-refractivity contribution in [2.75, 3.05) is 0 Å². The van der Waals surface area contributed by atoms with E-state index in [-0.39, 0.29) is 0 Å². The lowest BCUT2D eigenvalue weighted by atomic mass is 10.1. The molecule has 4 heterocycles. The Morgan fingerprint density at radius 3 is 1.63 bits per heavy atom. The number of fused-ring (bicyclic) bond motifs is 9. The first-order chi connectivity index (χ1) is 28.3. The lowest BCUT2D eigenvalue weighted by Gasteiger charge is -2.31. The average molecular weight is 743 g/mol. The van der Waals surface area contributed by atoms with E-state index in [0.29, 0.717) is 5.82 Å². The molecule has 0 unspecified atom stereocenters. The molecule has 0 radical (unpaired) electrons. The third-order valence-electron chi connectivity index (χ3n) is 12.1. The van der Waals surface area contributed by atoms with Gasteiger partial charge in [0, 0.05) is 44.7 Å². The SMILES string of the molecule is c1ccc(-n2c3ccccc3c3cc(-n4c5ccccc5c5cnc(-c6ccc([Si]7(c8ccccc8)c8ccccc8-c8ccccc87)cc6)nc54)ccc32)cc1. The van der Waals surface area contributed by atoms with Gasteiger partial charge in [0.25, 0.3) is 0 Å². The summed E-state index contributed by atoms with van der Waals surface area (Å²) >= 11 is 0. The maximum atomic E-state index is 5.39. The van der Waals surface area contributed by atoms with Gasteiger partial charge < -0.3 is 4.57 Å². The zero-order valence-corrected chi connectivity index (χ0v) is 31.9. The summed E-state index contributed by atoms with van der Waals surface area (Å²) in [6, 6.07) is 73.0. The largest absolute Gasteiger partial charge is 0.309 e. The molecular formula is C52H34N4Si. The second-order valence-electron chi connectivity index (χ2n) is 15.0. The van der Waals surface area contributed by atoms with Crippen LogP contribution in [0.15, 0.2) is 206 Å². The number of rotatable bonds is 5. The number of hydrogen-bond donors (Lipinski definition) is 0. The van der Waals surface area contributed by atoms with E-state index in [0.717, 1.165) is 38.9 Å². The molecule has 1 aliphatic rings. The highest BCUT2D eigenvalue weighted by atomic mass is 28.3. The molecule has 0 atom stereocenters. The van der Waals surface area contributed by atoms with Crippen LogP contribution in [-0.4, -0.2) is 27.2 Å². The van der Waals surface area contributed by atoms with Gasteiger partial charge in [-0.3, -0.25) is 4.57 Å². The summed E-state index contributed by atoms with van der Waals surface area (Å²) in [7, 11) is -2.58. The molecule has 8 aromatic carbocycles. The molecule has 0 N–H and O–H groups in total. The monoisotopic (exact) mass is 742 g/mol. The van der Waals surface area contributed by atoms with E-state index in [9.17, 15) is 0 Å². The van der Waals surface area contributed by atoms with Gasteiger partial charge in [-0.1, -0.05) is 158 Å². The first kappa shape index (κ1) is 32.0. The minimum absolute atomic E-state index is 0.711. The van der Waals surface area contributed by atoms with Crippen LogP contribution in [0.4, 0.5) is 0 Å². The van der Waals surface area contributed by atoms with Crippen molar-refractivity contribution in [1.82, 2.24) is 19.1 Å². The second kappa shape index (κ2) is 12.3. The lowest BCUT2D eigenvalue weighted by molar-refractivity contribution is 1.11. The Morgan fingerprint density at radius 2 is 0.930 bits per heavy atom. The van der Waals surface area contributed by atoms with E-state index in [2.05, 4.69) is 209 Å². The van der Waals surface area contributed by atoms with Crippen LogP contribution in [0, 0.1) is 0 Å². The maximum Gasteiger partial charge on any atom is 0.180 e. The van der Waals surface area contributed by atoms with E-state index in [1.807, 2.05) is 6.20 Å². The third-order valence-corrected chi connectivity index (χ3v) is 17.0. The Kier molecular flexibility index (Phi) is 6.91. The fourth-order valence-corrected chi connectivity index (χ4v) is 14.8. The van der Waals surface area contributed by atoms with Crippen LogP contribution in [-0.2, 0) is 0 Å². The quantitative estimate of drug-likeness (QED) is 0.165. The molecule has 0 spiro atoms. The molecule has 1 aliphatic heterocycles. The highest BCUT2D eigenvalue weighted by molar-refractivity contribution is 7.22. The van der Waals surface area contributed by atoms with Crippen LogP contribution in [0.25, 0.3) is 77.6 Å². The minimum atomic E-state index is -2.58. The summed E-state index contributed by atoms with van der Waals surface area (Å²) in [4.78, 5) is 10.4. The Labute approximate surface area is 330 Å². The summed E-state index contributed by atoms with van der Waals surface area (Å²) in [5.41, 5.74) is 10.3. The van der Waals surface area contributed by atoms with Crippen molar-refractivity contribution in [2.24, 2.45) is 0 Å². The van der Waals surface area contributed by atoms with E-state index in [1.165, 1.54) is 53.7 Å². The smallest absolute Gasteiger partial charge is 0.180 e. The Balaban J connectivity index is 1.03. The molecule has 3 aromatic heterocycles. The molecule has 12 rings (SSSR count). The number of nitrogens with zero attached hydrogens (tertiary/aromatic N) is 4. The second-order valence-corrected chi connectivity index (χ2v) is 18.7. The minimum Gasteiger partial charge on any atom is -0.309 e. The number of aromatic nitrogens is 4. The molecule has 11 aromatic rings. The highest BCUT2D eigenvalue weighted by Crippen LogP contribution is 2.37. The van der Waals surface area contributed by atoms with Crippen LogP contribution in [0.5, 0.6) is 0 Å². The van der Waals surface area contributed by atoms with Crippen molar-refractivity contribution < 1.29 is 0 Å². The molecular weight excluding hydrogens is 709 g/mol. The van der Waals surface area contributed by atoms with E-state index in [1.54, 1.807) is 0 Å². The molecule has 0 fully saturated rings. The van der Waals surface area contributed by atoms with Crippen LogP contribution < -0.4 is 20.7 Å². The molecule has 266 valence electrons. The number of benzene rings is 8. The van der Waals surface area contributed by atoms with Crippen LogP contribution in [0.3, 0.4) is 0 Å². The van der Waals surface area contributed by atoms with Gasteiger partial charge in [-0.25, -0.2) is 9.97 Å². The first-order valence-electron chi connectivity index (χ1n) is 19.5. The zero-order valence-electron chi connectivity index (χ0n) is 30.9.